The first-order chi connectivity index (χ1) is 13.4. The highest BCUT2D eigenvalue weighted by Crippen LogP contribution is 2.69. The molecule has 0 spiro atoms. The zero-order valence-corrected chi connectivity index (χ0v) is 18.0. The van der Waals surface area contributed by atoms with Crippen molar-refractivity contribution in [2.24, 2.45) is 58.2 Å². The van der Waals surface area contributed by atoms with Gasteiger partial charge in [-0.1, -0.05) is 13.8 Å². The second-order valence-electron chi connectivity index (χ2n) is 12.0. The first-order valence-corrected chi connectivity index (χ1v) is 12.3. The first kappa shape index (κ1) is 19.8. The van der Waals surface area contributed by atoms with Crippen LogP contribution in [-0.4, -0.2) is 34.6 Å². The molecule has 0 saturated heterocycles. The summed E-state index contributed by atoms with van der Waals surface area (Å²) in [5, 5.41) is 31.8. The third kappa shape index (κ3) is 2.71. The maximum Gasteiger partial charge on any atom is 0.0576 e. The molecule has 1 unspecified atom stereocenters. The van der Waals surface area contributed by atoms with Crippen molar-refractivity contribution in [1.29, 1.82) is 0 Å². The highest BCUT2D eigenvalue weighted by molar-refractivity contribution is 5.12. The van der Waals surface area contributed by atoms with Crippen molar-refractivity contribution in [3.05, 3.63) is 0 Å². The van der Waals surface area contributed by atoms with Crippen molar-refractivity contribution in [2.45, 2.75) is 84.2 Å². The van der Waals surface area contributed by atoms with Gasteiger partial charge in [-0.15, -0.1) is 0 Å². The third-order valence-electron chi connectivity index (χ3n) is 10.9. The van der Waals surface area contributed by atoms with Crippen LogP contribution in [0.4, 0.5) is 0 Å². The van der Waals surface area contributed by atoms with E-state index in [1.807, 2.05) is 0 Å². The molecule has 5 aliphatic rings. The van der Waals surface area contributed by atoms with Gasteiger partial charge in [-0.05, 0) is 117 Å². The fourth-order valence-corrected chi connectivity index (χ4v) is 9.63. The Balaban J connectivity index is 1.41. The molecule has 0 aromatic heterocycles. The summed E-state index contributed by atoms with van der Waals surface area (Å²) in [4.78, 5) is 0. The lowest BCUT2D eigenvalue weighted by Crippen LogP contribution is -2.54. The molecule has 5 rings (SSSR count). The van der Waals surface area contributed by atoms with Gasteiger partial charge in [0.2, 0.25) is 0 Å². The molecule has 5 fully saturated rings. The molecule has 5 saturated carbocycles. The molecule has 3 nitrogen and oxygen atoms in total. The van der Waals surface area contributed by atoms with E-state index in [0.29, 0.717) is 23.7 Å². The van der Waals surface area contributed by atoms with Gasteiger partial charge in [0.15, 0.2) is 0 Å². The predicted molar refractivity (Wildman–Crippen MR) is 110 cm³/mol. The second kappa shape index (κ2) is 6.95. The molecule has 3 heteroatoms. The molecule has 0 amide bonds. The van der Waals surface area contributed by atoms with Crippen LogP contribution in [0.1, 0.15) is 78.1 Å². The number of aliphatic hydroxyl groups is 3. The molecule has 28 heavy (non-hydrogen) atoms. The summed E-state index contributed by atoms with van der Waals surface area (Å²) in [6.07, 6.45) is 12.3. The zero-order valence-electron chi connectivity index (χ0n) is 18.0. The van der Waals surface area contributed by atoms with Crippen molar-refractivity contribution in [3.8, 4) is 0 Å². The van der Waals surface area contributed by atoms with E-state index in [0.717, 1.165) is 30.1 Å². The highest BCUT2D eigenvalue weighted by atomic mass is 16.3. The van der Waals surface area contributed by atoms with Gasteiger partial charge in [-0.3, -0.25) is 0 Å². The van der Waals surface area contributed by atoms with E-state index in [-0.39, 0.29) is 30.1 Å². The van der Waals surface area contributed by atoms with Crippen molar-refractivity contribution in [1.82, 2.24) is 0 Å². The Morgan fingerprint density at radius 2 is 1.64 bits per heavy atom. The lowest BCUT2D eigenvalue weighted by atomic mass is 9.47. The first-order valence-electron chi connectivity index (χ1n) is 12.3. The lowest BCUT2D eigenvalue weighted by molar-refractivity contribution is -0.133. The summed E-state index contributed by atoms with van der Waals surface area (Å²) in [5.41, 5.74) is 0.0300. The molecule has 160 valence electrons. The van der Waals surface area contributed by atoms with Crippen LogP contribution in [-0.2, 0) is 0 Å². The molecular weight excluding hydrogens is 348 g/mol. The summed E-state index contributed by atoms with van der Waals surface area (Å²) in [5.74, 6) is 5.22. The molecule has 5 aliphatic carbocycles. The quantitative estimate of drug-likeness (QED) is 0.673. The van der Waals surface area contributed by atoms with Gasteiger partial charge in [-0.2, -0.15) is 0 Å². The van der Waals surface area contributed by atoms with Crippen molar-refractivity contribution >= 4 is 0 Å². The maximum atomic E-state index is 11.0. The molecular formula is C25H42O3. The molecule has 0 aliphatic heterocycles. The standard InChI is InChI=1S/C25H42O3/c1-15-11-16-3-6-18-19(23(16)21(28)12-15)9-10-24(2)20(18)7-8-22(24)25(13-26,14-27)17-4-5-17/h15-23,26-28H,3-14H2,1-2H3/t15-,16-,18-,19-,20+,21?,22+,23+,24+/m1/s1. The van der Waals surface area contributed by atoms with Crippen LogP contribution in [0.3, 0.4) is 0 Å². The predicted octanol–water partition coefficient (Wildman–Crippen LogP) is 4.24. The second-order valence-corrected chi connectivity index (χ2v) is 12.0. The van der Waals surface area contributed by atoms with Gasteiger partial charge in [0.05, 0.1) is 19.3 Å². The molecule has 0 heterocycles. The Morgan fingerprint density at radius 3 is 2.32 bits per heavy atom. The van der Waals surface area contributed by atoms with E-state index in [4.69, 9.17) is 0 Å². The Bertz CT molecular complexity index is 582. The van der Waals surface area contributed by atoms with E-state index in [1.165, 1.54) is 57.8 Å². The van der Waals surface area contributed by atoms with E-state index in [9.17, 15) is 15.3 Å². The molecule has 0 aromatic carbocycles. The summed E-state index contributed by atoms with van der Waals surface area (Å²) < 4.78 is 0. The normalized spacial score (nSPS) is 51.3. The van der Waals surface area contributed by atoms with Gasteiger partial charge in [-0.25, -0.2) is 0 Å². The Labute approximate surface area is 171 Å². The molecule has 0 aromatic rings. The fraction of sp³-hybridized carbons (Fsp3) is 1.00. The summed E-state index contributed by atoms with van der Waals surface area (Å²) in [6.45, 7) is 5.17. The monoisotopic (exact) mass is 390 g/mol. The summed E-state index contributed by atoms with van der Waals surface area (Å²) >= 11 is 0. The summed E-state index contributed by atoms with van der Waals surface area (Å²) in [7, 11) is 0. The SMILES string of the molecule is C[C@H]1CC(O)[C@H]2[C@H](CC[C@@H]3[C@H]2CC[C@]2(C)[C@@H](C(CO)(CO)C4CC4)CC[C@@H]32)C1. The lowest BCUT2D eigenvalue weighted by Gasteiger charge is -2.58. The van der Waals surface area contributed by atoms with Crippen LogP contribution in [0.2, 0.25) is 0 Å². The van der Waals surface area contributed by atoms with E-state index < -0.39 is 0 Å². The summed E-state index contributed by atoms with van der Waals surface area (Å²) in [6, 6.07) is 0. The Morgan fingerprint density at radius 1 is 0.893 bits per heavy atom. The fourth-order valence-electron chi connectivity index (χ4n) is 9.63. The number of aliphatic hydroxyl groups excluding tert-OH is 3. The van der Waals surface area contributed by atoms with Crippen LogP contribution in [0.15, 0.2) is 0 Å². The van der Waals surface area contributed by atoms with Crippen LogP contribution in [0.5, 0.6) is 0 Å². The van der Waals surface area contributed by atoms with Crippen LogP contribution in [0, 0.1) is 58.2 Å². The van der Waals surface area contributed by atoms with Crippen molar-refractivity contribution in [3.63, 3.8) is 0 Å². The molecule has 3 N–H and O–H groups in total. The Kier molecular flexibility index (Phi) is 4.92. The minimum absolute atomic E-state index is 0.0801. The highest BCUT2D eigenvalue weighted by Gasteiger charge is 2.64. The number of hydrogen-bond acceptors (Lipinski definition) is 3. The largest absolute Gasteiger partial charge is 0.396 e. The molecule has 0 bridgehead atoms. The van der Waals surface area contributed by atoms with Gasteiger partial charge >= 0.3 is 0 Å². The molecule has 0 radical (unpaired) electrons. The van der Waals surface area contributed by atoms with Crippen LogP contribution >= 0.6 is 0 Å². The Hall–Kier alpha value is -0.120. The average molecular weight is 391 g/mol. The van der Waals surface area contributed by atoms with Gasteiger partial charge in [0.1, 0.15) is 0 Å². The van der Waals surface area contributed by atoms with E-state index in [1.54, 1.807) is 0 Å². The van der Waals surface area contributed by atoms with Crippen molar-refractivity contribution < 1.29 is 15.3 Å². The van der Waals surface area contributed by atoms with Crippen molar-refractivity contribution in [2.75, 3.05) is 13.2 Å². The van der Waals surface area contributed by atoms with Gasteiger partial charge in [0, 0.05) is 5.41 Å². The number of rotatable bonds is 4. The topological polar surface area (TPSA) is 60.7 Å². The zero-order chi connectivity index (χ0) is 19.7. The van der Waals surface area contributed by atoms with E-state index in [2.05, 4.69) is 13.8 Å². The van der Waals surface area contributed by atoms with Crippen LogP contribution in [0.25, 0.3) is 0 Å². The number of fused-ring (bicyclic) bond motifs is 5. The smallest absolute Gasteiger partial charge is 0.0576 e. The van der Waals surface area contributed by atoms with E-state index >= 15 is 0 Å². The third-order valence-corrected chi connectivity index (χ3v) is 10.9. The molecule has 9 atom stereocenters. The minimum atomic E-state index is -0.243. The average Bonchev–Trinajstić information content (AvgIpc) is 3.46. The van der Waals surface area contributed by atoms with Gasteiger partial charge in [0.25, 0.3) is 0 Å². The minimum Gasteiger partial charge on any atom is -0.396 e. The number of hydrogen-bond donors (Lipinski definition) is 3. The maximum absolute atomic E-state index is 11.0. The van der Waals surface area contributed by atoms with Crippen LogP contribution < -0.4 is 0 Å². The van der Waals surface area contributed by atoms with Gasteiger partial charge < -0.3 is 15.3 Å².